The van der Waals surface area contributed by atoms with E-state index < -0.39 is 0 Å². The van der Waals surface area contributed by atoms with Crippen LogP contribution in [0.5, 0.6) is 0 Å². The molecular weight excluding hydrogens is 192 g/mol. The maximum absolute atomic E-state index is 2.41. The molecule has 0 heterocycles. The average Bonchev–Trinajstić information content (AvgIpc) is 2.24. The SMILES string of the molecule is CCCC(CCCCC(C)C)CC(C)CC. The Morgan fingerprint density at radius 1 is 0.812 bits per heavy atom. The lowest BCUT2D eigenvalue weighted by Gasteiger charge is -2.19. The van der Waals surface area contributed by atoms with Crippen molar-refractivity contribution in [3.63, 3.8) is 0 Å². The molecule has 2 unspecified atom stereocenters. The van der Waals surface area contributed by atoms with E-state index in [0.717, 1.165) is 17.8 Å². The quantitative estimate of drug-likeness (QED) is 0.397. The second-order valence-corrected chi connectivity index (χ2v) is 6.08. The van der Waals surface area contributed by atoms with E-state index >= 15 is 0 Å². The predicted octanol–water partition coefficient (Wildman–Crippen LogP) is 6.06. The van der Waals surface area contributed by atoms with Crippen LogP contribution in [-0.4, -0.2) is 0 Å². The summed E-state index contributed by atoms with van der Waals surface area (Å²) >= 11 is 0. The molecule has 16 heavy (non-hydrogen) atoms. The van der Waals surface area contributed by atoms with E-state index in [0.29, 0.717) is 0 Å². The summed E-state index contributed by atoms with van der Waals surface area (Å²) in [6.45, 7) is 11.7. The van der Waals surface area contributed by atoms with Crippen molar-refractivity contribution in [3.05, 3.63) is 0 Å². The molecule has 0 heteroatoms. The topological polar surface area (TPSA) is 0 Å². The van der Waals surface area contributed by atoms with E-state index in [9.17, 15) is 0 Å². The molecule has 0 aliphatic rings. The molecule has 0 saturated carbocycles. The monoisotopic (exact) mass is 226 g/mol. The van der Waals surface area contributed by atoms with Crippen LogP contribution in [0.1, 0.15) is 86.0 Å². The molecule has 0 aliphatic heterocycles. The molecule has 0 fully saturated rings. The lowest BCUT2D eigenvalue weighted by atomic mass is 9.86. The molecule has 0 aliphatic carbocycles. The van der Waals surface area contributed by atoms with E-state index in [-0.39, 0.29) is 0 Å². The standard InChI is InChI=1S/C16H34/c1-6-10-16(13-15(5)7-2)12-9-8-11-14(3)4/h14-16H,6-13H2,1-5H3. The second-order valence-electron chi connectivity index (χ2n) is 6.08. The van der Waals surface area contributed by atoms with Gasteiger partial charge in [0.2, 0.25) is 0 Å². The summed E-state index contributed by atoms with van der Waals surface area (Å²) in [5, 5.41) is 0. The molecule has 0 radical (unpaired) electrons. The zero-order chi connectivity index (χ0) is 12.4. The molecule has 2 atom stereocenters. The summed E-state index contributed by atoms with van der Waals surface area (Å²) in [5.74, 6) is 2.83. The van der Waals surface area contributed by atoms with Gasteiger partial charge in [0.05, 0.1) is 0 Å². The number of rotatable bonds is 10. The van der Waals surface area contributed by atoms with Gasteiger partial charge in [-0.05, 0) is 24.2 Å². The van der Waals surface area contributed by atoms with E-state index in [1.54, 1.807) is 0 Å². The van der Waals surface area contributed by atoms with Gasteiger partial charge < -0.3 is 0 Å². The van der Waals surface area contributed by atoms with Crippen molar-refractivity contribution in [1.29, 1.82) is 0 Å². The van der Waals surface area contributed by atoms with Gasteiger partial charge in [0, 0.05) is 0 Å². The number of hydrogen-bond acceptors (Lipinski definition) is 0. The first kappa shape index (κ1) is 16.0. The lowest BCUT2D eigenvalue weighted by Crippen LogP contribution is -2.06. The first-order valence-electron chi connectivity index (χ1n) is 7.60. The molecule has 0 aromatic heterocycles. The molecule has 0 amide bonds. The van der Waals surface area contributed by atoms with Crippen molar-refractivity contribution in [1.82, 2.24) is 0 Å². The van der Waals surface area contributed by atoms with Gasteiger partial charge in [0.25, 0.3) is 0 Å². The van der Waals surface area contributed by atoms with Crippen LogP contribution in [0.15, 0.2) is 0 Å². The Kier molecular flexibility index (Phi) is 10.2. The number of hydrogen-bond donors (Lipinski definition) is 0. The third-order valence-corrected chi connectivity index (χ3v) is 3.77. The van der Waals surface area contributed by atoms with Crippen molar-refractivity contribution >= 4 is 0 Å². The molecule has 0 aromatic rings. The van der Waals surface area contributed by atoms with Crippen molar-refractivity contribution in [2.75, 3.05) is 0 Å². The molecule has 0 nitrogen and oxygen atoms in total. The van der Waals surface area contributed by atoms with Crippen LogP contribution >= 0.6 is 0 Å². The number of unbranched alkanes of at least 4 members (excludes halogenated alkanes) is 1. The summed E-state index contributed by atoms with van der Waals surface area (Å²) < 4.78 is 0. The molecular formula is C16H34. The van der Waals surface area contributed by atoms with Gasteiger partial charge in [-0.25, -0.2) is 0 Å². The first-order valence-corrected chi connectivity index (χ1v) is 7.60. The highest BCUT2D eigenvalue weighted by atomic mass is 14.2. The third kappa shape index (κ3) is 9.24. The van der Waals surface area contributed by atoms with E-state index in [1.165, 1.54) is 51.4 Å². The van der Waals surface area contributed by atoms with Crippen LogP contribution in [0.25, 0.3) is 0 Å². The highest BCUT2D eigenvalue weighted by Gasteiger charge is 2.11. The molecule has 0 aromatic carbocycles. The predicted molar refractivity (Wildman–Crippen MR) is 75.8 cm³/mol. The summed E-state index contributed by atoms with van der Waals surface area (Å²) in [7, 11) is 0. The Hall–Kier alpha value is 0. The normalized spacial score (nSPS) is 15.4. The van der Waals surface area contributed by atoms with Crippen molar-refractivity contribution in [2.45, 2.75) is 86.0 Å². The molecule has 0 N–H and O–H groups in total. The van der Waals surface area contributed by atoms with Crippen LogP contribution in [0, 0.1) is 17.8 Å². The van der Waals surface area contributed by atoms with Crippen LogP contribution in [0.2, 0.25) is 0 Å². The van der Waals surface area contributed by atoms with Crippen LogP contribution in [-0.2, 0) is 0 Å². The van der Waals surface area contributed by atoms with Crippen LogP contribution in [0.3, 0.4) is 0 Å². The Labute approximate surface area is 104 Å². The molecule has 0 bridgehead atoms. The largest absolute Gasteiger partial charge is 0.0654 e. The Balaban J connectivity index is 3.67. The fraction of sp³-hybridized carbons (Fsp3) is 1.00. The summed E-state index contributed by atoms with van der Waals surface area (Å²) in [6.07, 6.45) is 11.4. The van der Waals surface area contributed by atoms with E-state index in [4.69, 9.17) is 0 Å². The summed E-state index contributed by atoms with van der Waals surface area (Å²) in [5.41, 5.74) is 0. The minimum atomic E-state index is 0.888. The fourth-order valence-corrected chi connectivity index (χ4v) is 2.51. The first-order chi connectivity index (χ1) is 7.60. The van der Waals surface area contributed by atoms with Gasteiger partial charge >= 0.3 is 0 Å². The maximum atomic E-state index is 2.41. The highest BCUT2D eigenvalue weighted by molar-refractivity contribution is 4.63. The minimum absolute atomic E-state index is 0.888. The highest BCUT2D eigenvalue weighted by Crippen LogP contribution is 2.25. The smallest absolute Gasteiger partial charge is 0.0412 e. The van der Waals surface area contributed by atoms with Gasteiger partial charge in [-0.1, -0.05) is 79.6 Å². The van der Waals surface area contributed by atoms with E-state index in [2.05, 4.69) is 34.6 Å². The Bertz CT molecular complexity index is 137. The van der Waals surface area contributed by atoms with Gasteiger partial charge in [-0.2, -0.15) is 0 Å². The maximum Gasteiger partial charge on any atom is -0.0412 e. The van der Waals surface area contributed by atoms with E-state index in [1.807, 2.05) is 0 Å². The molecule has 0 rings (SSSR count). The zero-order valence-electron chi connectivity index (χ0n) is 12.4. The Morgan fingerprint density at radius 3 is 1.94 bits per heavy atom. The van der Waals surface area contributed by atoms with Crippen molar-refractivity contribution in [2.24, 2.45) is 17.8 Å². The van der Waals surface area contributed by atoms with Gasteiger partial charge in [0.15, 0.2) is 0 Å². The molecule has 98 valence electrons. The van der Waals surface area contributed by atoms with Crippen LogP contribution in [0.4, 0.5) is 0 Å². The van der Waals surface area contributed by atoms with Gasteiger partial charge in [-0.3, -0.25) is 0 Å². The second kappa shape index (κ2) is 10.2. The third-order valence-electron chi connectivity index (χ3n) is 3.77. The average molecular weight is 226 g/mol. The van der Waals surface area contributed by atoms with Crippen LogP contribution < -0.4 is 0 Å². The molecule has 0 spiro atoms. The van der Waals surface area contributed by atoms with Gasteiger partial charge in [0.1, 0.15) is 0 Å². The van der Waals surface area contributed by atoms with Crippen molar-refractivity contribution in [3.8, 4) is 0 Å². The fourth-order valence-electron chi connectivity index (χ4n) is 2.51. The Morgan fingerprint density at radius 2 is 1.44 bits per heavy atom. The summed E-state index contributed by atoms with van der Waals surface area (Å²) in [6, 6.07) is 0. The van der Waals surface area contributed by atoms with Crippen molar-refractivity contribution < 1.29 is 0 Å². The lowest BCUT2D eigenvalue weighted by molar-refractivity contribution is 0.329. The van der Waals surface area contributed by atoms with Gasteiger partial charge in [-0.15, -0.1) is 0 Å². The molecule has 0 saturated heterocycles. The minimum Gasteiger partial charge on any atom is -0.0654 e. The zero-order valence-corrected chi connectivity index (χ0v) is 12.4. The summed E-state index contributed by atoms with van der Waals surface area (Å²) in [4.78, 5) is 0.